The summed E-state index contributed by atoms with van der Waals surface area (Å²) in [6.07, 6.45) is 2.01. The van der Waals surface area contributed by atoms with Gasteiger partial charge in [-0.15, -0.1) is 0 Å². The van der Waals surface area contributed by atoms with Crippen LogP contribution in [0.1, 0.15) is 40.5 Å². The third-order valence-corrected chi connectivity index (χ3v) is 5.05. The van der Waals surface area contributed by atoms with E-state index in [1.807, 2.05) is 0 Å². The zero-order valence-corrected chi connectivity index (χ0v) is 14.7. The van der Waals surface area contributed by atoms with Gasteiger partial charge in [0.2, 0.25) is 0 Å². The van der Waals surface area contributed by atoms with Crippen LogP contribution in [0.3, 0.4) is 0 Å². The summed E-state index contributed by atoms with van der Waals surface area (Å²) in [6.45, 7) is 8.85. The van der Waals surface area contributed by atoms with Gasteiger partial charge >= 0.3 is 0 Å². The van der Waals surface area contributed by atoms with Crippen LogP contribution in [0.25, 0.3) is 10.2 Å². The Morgan fingerprint density at radius 2 is 1.96 bits per heavy atom. The molecule has 0 spiro atoms. The van der Waals surface area contributed by atoms with E-state index < -0.39 is 0 Å². The van der Waals surface area contributed by atoms with E-state index in [-0.39, 0.29) is 21.7 Å². The SMILES string of the molecule is CC1(C)CC(Nc2nc3ccc([N+](=O)[O-])cc3s2)CC(C)(C)N1. The highest BCUT2D eigenvalue weighted by molar-refractivity contribution is 7.22. The van der Waals surface area contributed by atoms with Crippen molar-refractivity contribution < 1.29 is 4.92 Å². The van der Waals surface area contributed by atoms with E-state index in [0.717, 1.165) is 28.2 Å². The van der Waals surface area contributed by atoms with Crippen LogP contribution in [0.5, 0.6) is 0 Å². The molecule has 1 aromatic heterocycles. The lowest BCUT2D eigenvalue weighted by Gasteiger charge is -2.46. The molecule has 0 amide bonds. The smallest absolute Gasteiger partial charge is 0.270 e. The van der Waals surface area contributed by atoms with Crippen LogP contribution in [-0.4, -0.2) is 27.0 Å². The fourth-order valence-corrected chi connectivity index (χ4v) is 4.66. The number of rotatable bonds is 3. The molecule has 0 saturated carbocycles. The van der Waals surface area contributed by atoms with Gasteiger partial charge in [-0.3, -0.25) is 10.1 Å². The minimum absolute atomic E-state index is 0.0644. The van der Waals surface area contributed by atoms with Crippen LogP contribution in [0.2, 0.25) is 0 Å². The van der Waals surface area contributed by atoms with Crippen molar-refractivity contribution in [1.82, 2.24) is 10.3 Å². The van der Waals surface area contributed by atoms with Crippen molar-refractivity contribution in [1.29, 1.82) is 0 Å². The fourth-order valence-electron chi connectivity index (χ4n) is 3.69. The number of fused-ring (bicyclic) bond motifs is 1. The standard InChI is InChI=1S/C16H22N4O2S/c1-15(2)8-10(9-16(3,4)19-15)17-14-18-12-6-5-11(20(21)22)7-13(12)23-14/h5-7,10,19H,8-9H2,1-4H3,(H,17,18). The number of anilines is 1. The van der Waals surface area contributed by atoms with E-state index >= 15 is 0 Å². The predicted molar refractivity (Wildman–Crippen MR) is 94.2 cm³/mol. The largest absolute Gasteiger partial charge is 0.359 e. The number of hydrogen-bond acceptors (Lipinski definition) is 6. The van der Waals surface area contributed by atoms with Crippen molar-refractivity contribution >= 4 is 32.4 Å². The molecule has 0 unspecified atom stereocenters. The van der Waals surface area contributed by atoms with Crippen LogP contribution in [-0.2, 0) is 0 Å². The minimum Gasteiger partial charge on any atom is -0.359 e. The van der Waals surface area contributed by atoms with Crippen molar-refractivity contribution in [2.24, 2.45) is 0 Å². The van der Waals surface area contributed by atoms with Gasteiger partial charge in [0.05, 0.1) is 15.1 Å². The first kappa shape index (κ1) is 16.1. The Hall–Kier alpha value is -1.73. The molecule has 0 aliphatic carbocycles. The maximum Gasteiger partial charge on any atom is 0.270 e. The average Bonchev–Trinajstić information content (AvgIpc) is 2.75. The third kappa shape index (κ3) is 3.61. The van der Waals surface area contributed by atoms with Gasteiger partial charge in [0.15, 0.2) is 5.13 Å². The van der Waals surface area contributed by atoms with Crippen LogP contribution in [0, 0.1) is 10.1 Å². The fraction of sp³-hybridized carbons (Fsp3) is 0.562. The molecule has 2 heterocycles. The predicted octanol–water partition coefficient (Wildman–Crippen LogP) is 3.93. The Balaban J connectivity index is 1.82. The average molecular weight is 334 g/mol. The summed E-state index contributed by atoms with van der Waals surface area (Å²) >= 11 is 1.48. The van der Waals surface area contributed by atoms with E-state index in [0.29, 0.717) is 6.04 Å². The van der Waals surface area contributed by atoms with Crippen LogP contribution in [0.15, 0.2) is 18.2 Å². The summed E-state index contributed by atoms with van der Waals surface area (Å²) in [7, 11) is 0. The van der Waals surface area contributed by atoms with Crippen molar-refractivity contribution in [3.63, 3.8) is 0 Å². The molecule has 2 N–H and O–H groups in total. The van der Waals surface area contributed by atoms with E-state index in [2.05, 4.69) is 43.3 Å². The van der Waals surface area contributed by atoms with Gasteiger partial charge in [-0.05, 0) is 46.6 Å². The molecule has 6 nitrogen and oxygen atoms in total. The first-order valence-corrected chi connectivity index (χ1v) is 8.56. The molecule has 23 heavy (non-hydrogen) atoms. The van der Waals surface area contributed by atoms with Gasteiger partial charge in [0, 0.05) is 29.3 Å². The van der Waals surface area contributed by atoms with Gasteiger partial charge in [-0.1, -0.05) is 11.3 Å². The highest BCUT2D eigenvalue weighted by atomic mass is 32.1. The molecule has 1 fully saturated rings. The van der Waals surface area contributed by atoms with Crippen LogP contribution < -0.4 is 10.6 Å². The number of nitrogens with one attached hydrogen (secondary N) is 2. The summed E-state index contributed by atoms with van der Waals surface area (Å²) < 4.78 is 0.842. The summed E-state index contributed by atoms with van der Waals surface area (Å²) in [5, 5.41) is 18.9. The Morgan fingerprint density at radius 3 is 2.57 bits per heavy atom. The van der Waals surface area contributed by atoms with Crippen molar-refractivity contribution in [3.05, 3.63) is 28.3 Å². The monoisotopic (exact) mass is 334 g/mol. The molecule has 1 aromatic carbocycles. The maximum atomic E-state index is 10.9. The van der Waals surface area contributed by atoms with Crippen molar-refractivity contribution in [3.8, 4) is 0 Å². The molecular formula is C16H22N4O2S. The van der Waals surface area contributed by atoms with E-state index in [1.165, 1.54) is 17.4 Å². The lowest BCUT2D eigenvalue weighted by Crippen LogP contribution is -2.60. The molecule has 3 rings (SSSR count). The summed E-state index contributed by atoms with van der Waals surface area (Å²) in [5.41, 5.74) is 1.04. The number of nitro benzene ring substituents is 1. The minimum atomic E-state index is -0.371. The molecule has 0 bridgehead atoms. The number of aromatic nitrogens is 1. The Kier molecular flexibility index (Phi) is 3.80. The molecule has 0 atom stereocenters. The number of non-ortho nitro benzene ring substituents is 1. The summed E-state index contributed by atoms with van der Waals surface area (Å²) in [4.78, 5) is 15.1. The Labute approximate surface area is 139 Å². The Bertz CT molecular complexity index is 738. The number of nitro groups is 1. The topological polar surface area (TPSA) is 80.1 Å². The number of piperidine rings is 1. The second-order valence-corrected chi connectivity index (χ2v) is 8.60. The molecule has 7 heteroatoms. The van der Waals surface area contributed by atoms with Gasteiger partial charge in [0.25, 0.3) is 5.69 Å². The highest BCUT2D eigenvalue weighted by Crippen LogP contribution is 2.34. The van der Waals surface area contributed by atoms with Gasteiger partial charge in [0.1, 0.15) is 0 Å². The van der Waals surface area contributed by atoms with Crippen molar-refractivity contribution in [2.75, 3.05) is 5.32 Å². The molecule has 1 aliphatic heterocycles. The number of benzene rings is 1. The second-order valence-electron chi connectivity index (χ2n) is 7.57. The summed E-state index contributed by atoms with van der Waals surface area (Å²) in [6, 6.07) is 5.14. The maximum absolute atomic E-state index is 10.9. The van der Waals surface area contributed by atoms with Crippen molar-refractivity contribution in [2.45, 2.75) is 57.7 Å². The van der Waals surface area contributed by atoms with Gasteiger partial charge in [-0.25, -0.2) is 4.98 Å². The molecule has 1 saturated heterocycles. The third-order valence-electron chi connectivity index (χ3n) is 4.10. The van der Waals surface area contributed by atoms with Gasteiger partial charge < -0.3 is 10.6 Å². The first-order valence-electron chi connectivity index (χ1n) is 7.74. The molecule has 124 valence electrons. The lowest BCUT2D eigenvalue weighted by molar-refractivity contribution is -0.384. The number of thiazole rings is 1. The number of hydrogen-bond donors (Lipinski definition) is 2. The highest BCUT2D eigenvalue weighted by Gasteiger charge is 2.37. The van der Waals surface area contributed by atoms with E-state index in [9.17, 15) is 10.1 Å². The molecule has 0 radical (unpaired) electrons. The van der Waals surface area contributed by atoms with Gasteiger partial charge in [-0.2, -0.15) is 0 Å². The zero-order valence-electron chi connectivity index (χ0n) is 13.8. The van der Waals surface area contributed by atoms with E-state index in [4.69, 9.17) is 0 Å². The molecular weight excluding hydrogens is 312 g/mol. The first-order chi connectivity index (χ1) is 10.6. The lowest BCUT2D eigenvalue weighted by atomic mass is 9.80. The van der Waals surface area contributed by atoms with E-state index in [1.54, 1.807) is 12.1 Å². The second kappa shape index (κ2) is 5.42. The summed E-state index contributed by atoms with van der Waals surface area (Å²) in [5.74, 6) is 0. The van der Waals surface area contributed by atoms with Crippen LogP contribution in [0.4, 0.5) is 10.8 Å². The molecule has 1 aliphatic rings. The van der Waals surface area contributed by atoms with Crippen LogP contribution >= 0.6 is 11.3 Å². The normalized spacial score (nSPS) is 20.5. The number of nitrogens with zero attached hydrogens (tertiary/aromatic N) is 2. The molecule has 2 aromatic rings. The Morgan fingerprint density at radius 1 is 1.30 bits per heavy atom. The quantitative estimate of drug-likeness (QED) is 0.657. The zero-order chi connectivity index (χ0) is 16.8.